The van der Waals surface area contributed by atoms with Gasteiger partial charge in [0.15, 0.2) is 6.29 Å². The summed E-state index contributed by atoms with van der Waals surface area (Å²) in [5.41, 5.74) is 0. The standard InChI is InChI=1S/C7H13NO2/c1-3-8-6-4-5-10-7(6)9-2/h1,6-8H,3-5H2,2H3/t6-,7?/m0/s1. The highest BCUT2D eigenvalue weighted by Crippen LogP contribution is 2.13. The van der Waals surface area contributed by atoms with Crippen LogP contribution in [-0.2, 0) is 9.47 Å². The third-order valence-corrected chi connectivity index (χ3v) is 1.65. The molecular weight excluding hydrogens is 130 g/mol. The average molecular weight is 143 g/mol. The summed E-state index contributed by atoms with van der Waals surface area (Å²) in [6.07, 6.45) is 0.874. The van der Waals surface area contributed by atoms with Crippen LogP contribution in [0.2, 0.25) is 0 Å². The largest absolute Gasteiger partial charge is 0.354 e. The SMILES string of the molecule is [CH]CN[C@H]1CCOC1OC. The van der Waals surface area contributed by atoms with Crippen molar-refractivity contribution in [3.05, 3.63) is 6.92 Å². The Bertz CT molecular complexity index is 97.6. The molecule has 2 atom stereocenters. The van der Waals surface area contributed by atoms with Crippen LogP contribution in [0.25, 0.3) is 0 Å². The lowest BCUT2D eigenvalue weighted by atomic mass is 10.2. The van der Waals surface area contributed by atoms with E-state index in [0.717, 1.165) is 13.0 Å². The van der Waals surface area contributed by atoms with Crippen LogP contribution in [0.5, 0.6) is 0 Å². The van der Waals surface area contributed by atoms with E-state index in [4.69, 9.17) is 16.4 Å². The molecule has 1 fully saturated rings. The van der Waals surface area contributed by atoms with Crippen LogP contribution >= 0.6 is 0 Å². The Morgan fingerprint density at radius 1 is 1.80 bits per heavy atom. The number of ether oxygens (including phenoxy) is 2. The molecule has 0 spiro atoms. The van der Waals surface area contributed by atoms with E-state index in [1.165, 1.54) is 0 Å². The number of rotatable bonds is 3. The van der Waals surface area contributed by atoms with Crippen molar-refractivity contribution in [3.8, 4) is 0 Å². The first kappa shape index (κ1) is 7.98. The van der Waals surface area contributed by atoms with Gasteiger partial charge in [-0.05, 0) is 19.9 Å². The minimum absolute atomic E-state index is 0.108. The molecule has 1 aliphatic rings. The Balaban J connectivity index is 2.27. The molecule has 1 saturated heterocycles. The van der Waals surface area contributed by atoms with Gasteiger partial charge in [-0.15, -0.1) is 0 Å². The van der Waals surface area contributed by atoms with Gasteiger partial charge in [0.1, 0.15) is 0 Å². The third-order valence-electron chi connectivity index (χ3n) is 1.65. The Kier molecular flexibility index (Phi) is 3.12. The molecule has 1 rings (SSSR count). The van der Waals surface area contributed by atoms with Gasteiger partial charge < -0.3 is 14.8 Å². The summed E-state index contributed by atoms with van der Waals surface area (Å²) in [7, 11) is 1.64. The van der Waals surface area contributed by atoms with Crippen LogP contribution < -0.4 is 5.32 Å². The van der Waals surface area contributed by atoms with Crippen molar-refractivity contribution in [1.82, 2.24) is 5.32 Å². The van der Waals surface area contributed by atoms with Crippen molar-refractivity contribution in [3.63, 3.8) is 0 Å². The molecule has 1 aliphatic heterocycles. The number of methoxy groups -OCH3 is 1. The van der Waals surface area contributed by atoms with E-state index in [1.807, 2.05) is 0 Å². The predicted molar refractivity (Wildman–Crippen MR) is 37.5 cm³/mol. The second-order valence-corrected chi connectivity index (χ2v) is 2.28. The maximum Gasteiger partial charge on any atom is 0.172 e. The molecule has 10 heavy (non-hydrogen) atoms. The Hall–Kier alpha value is -0.120. The summed E-state index contributed by atoms with van der Waals surface area (Å²) in [4.78, 5) is 0. The van der Waals surface area contributed by atoms with Crippen molar-refractivity contribution in [1.29, 1.82) is 0 Å². The molecule has 1 unspecified atom stereocenters. The molecule has 2 radical (unpaired) electrons. The Morgan fingerprint density at radius 3 is 3.20 bits per heavy atom. The first-order chi connectivity index (χ1) is 4.88. The smallest absolute Gasteiger partial charge is 0.172 e. The summed E-state index contributed by atoms with van der Waals surface area (Å²) >= 11 is 0. The average Bonchev–Trinajstić information content (AvgIpc) is 2.36. The van der Waals surface area contributed by atoms with E-state index in [1.54, 1.807) is 7.11 Å². The highest BCUT2D eigenvalue weighted by Gasteiger charge is 2.26. The summed E-state index contributed by atoms with van der Waals surface area (Å²) in [6.45, 7) is 6.54. The zero-order chi connectivity index (χ0) is 7.40. The number of nitrogens with one attached hydrogen (secondary N) is 1. The van der Waals surface area contributed by atoms with Gasteiger partial charge >= 0.3 is 0 Å². The van der Waals surface area contributed by atoms with Crippen LogP contribution in [-0.4, -0.2) is 32.6 Å². The molecule has 0 saturated carbocycles. The zero-order valence-electron chi connectivity index (χ0n) is 6.17. The summed E-state index contributed by atoms with van der Waals surface area (Å²) < 4.78 is 10.3. The lowest BCUT2D eigenvalue weighted by Gasteiger charge is -2.16. The summed E-state index contributed by atoms with van der Waals surface area (Å²) in [5.74, 6) is 0. The van der Waals surface area contributed by atoms with Gasteiger partial charge in [-0.25, -0.2) is 0 Å². The van der Waals surface area contributed by atoms with Gasteiger partial charge in [-0.3, -0.25) is 0 Å². The fourth-order valence-electron chi connectivity index (χ4n) is 1.15. The van der Waals surface area contributed by atoms with Gasteiger partial charge in [0.05, 0.1) is 12.6 Å². The summed E-state index contributed by atoms with van der Waals surface area (Å²) in [5, 5.41) is 3.07. The van der Waals surface area contributed by atoms with Crippen LogP contribution in [0.1, 0.15) is 6.42 Å². The van der Waals surface area contributed by atoms with E-state index >= 15 is 0 Å². The second kappa shape index (κ2) is 3.91. The Morgan fingerprint density at radius 2 is 2.60 bits per heavy atom. The van der Waals surface area contributed by atoms with Crippen molar-refractivity contribution >= 4 is 0 Å². The van der Waals surface area contributed by atoms with Gasteiger partial charge in [0.2, 0.25) is 0 Å². The van der Waals surface area contributed by atoms with Crippen molar-refractivity contribution in [2.24, 2.45) is 0 Å². The van der Waals surface area contributed by atoms with E-state index in [2.05, 4.69) is 5.32 Å². The lowest BCUT2D eigenvalue weighted by Crippen LogP contribution is -2.37. The third kappa shape index (κ3) is 1.68. The molecule has 0 aliphatic carbocycles. The molecule has 3 nitrogen and oxygen atoms in total. The monoisotopic (exact) mass is 143 g/mol. The quantitative estimate of drug-likeness (QED) is 0.605. The fourth-order valence-corrected chi connectivity index (χ4v) is 1.15. The van der Waals surface area contributed by atoms with Crippen molar-refractivity contribution < 1.29 is 9.47 Å². The molecule has 0 bridgehead atoms. The second-order valence-electron chi connectivity index (χ2n) is 2.28. The predicted octanol–water partition coefficient (Wildman–Crippen LogP) is 0.0485. The fraction of sp³-hybridized carbons (Fsp3) is 0.857. The molecule has 0 aromatic rings. The molecule has 3 heteroatoms. The minimum atomic E-state index is -0.108. The van der Waals surface area contributed by atoms with Crippen molar-refractivity contribution in [2.75, 3.05) is 20.3 Å². The van der Waals surface area contributed by atoms with Gasteiger partial charge in [-0.2, -0.15) is 0 Å². The first-order valence-electron chi connectivity index (χ1n) is 3.46. The van der Waals surface area contributed by atoms with E-state index < -0.39 is 0 Å². The lowest BCUT2D eigenvalue weighted by molar-refractivity contribution is -0.0992. The molecular formula is C7H13NO2. The highest BCUT2D eigenvalue weighted by atomic mass is 16.7. The normalized spacial score (nSPS) is 33.0. The number of hydrogen-bond donors (Lipinski definition) is 1. The van der Waals surface area contributed by atoms with Crippen LogP contribution in [0.4, 0.5) is 0 Å². The van der Waals surface area contributed by atoms with E-state index in [0.29, 0.717) is 6.54 Å². The van der Waals surface area contributed by atoms with E-state index in [9.17, 15) is 0 Å². The Labute approximate surface area is 61.7 Å². The molecule has 58 valence electrons. The topological polar surface area (TPSA) is 30.5 Å². The number of hydrogen-bond acceptors (Lipinski definition) is 3. The van der Waals surface area contributed by atoms with Crippen LogP contribution in [0.15, 0.2) is 0 Å². The molecule has 1 heterocycles. The van der Waals surface area contributed by atoms with Crippen molar-refractivity contribution in [2.45, 2.75) is 18.8 Å². The van der Waals surface area contributed by atoms with E-state index in [-0.39, 0.29) is 12.3 Å². The molecule has 0 aromatic carbocycles. The van der Waals surface area contributed by atoms with Gasteiger partial charge in [0, 0.05) is 7.11 Å². The van der Waals surface area contributed by atoms with Gasteiger partial charge in [0.25, 0.3) is 0 Å². The highest BCUT2D eigenvalue weighted by molar-refractivity contribution is 4.76. The van der Waals surface area contributed by atoms with Crippen LogP contribution in [0.3, 0.4) is 0 Å². The maximum absolute atomic E-state index is 5.30. The molecule has 0 aromatic heterocycles. The molecule has 1 N–H and O–H groups in total. The van der Waals surface area contributed by atoms with Crippen LogP contribution in [0, 0.1) is 6.92 Å². The van der Waals surface area contributed by atoms with Gasteiger partial charge in [-0.1, -0.05) is 0 Å². The molecule has 0 amide bonds. The zero-order valence-corrected chi connectivity index (χ0v) is 6.17. The summed E-state index contributed by atoms with van der Waals surface area (Å²) in [6, 6.07) is 0.273. The maximum atomic E-state index is 5.30. The minimum Gasteiger partial charge on any atom is -0.354 e. The first-order valence-corrected chi connectivity index (χ1v) is 3.46.